The van der Waals surface area contributed by atoms with Crippen molar-refractivity contribution in [3.05, 3.63) is 90.5 Å². The van der Waals surface area contributed by atoms with Crippen LogP contribution in [0.5, 0.6) is 0 Å². The molecule has 0 aliphatic carbocycles. The number of ether oxygens (including phenoxy) is 2. The quantitative estimate of drug-likeness (QED) is 0.617. The first kappa shape index (κ1) is 20.1. The molecular weight excluding hydrogens is 376 g/mol. The minimum Gasteiger partial charge on any atom is -0.348 e. The Bertz CT molecular complexity index is 990. The van der Waals surface area contributed by atoms with Crippen LogP contribution in [-0.4, -0.2) is 24.5 Å². The van der Waals surface area contributed by atoms with Gasteiger partial charge >= 0.3 is 6.03 Å². The van der Waals surface area contributed by atoms with E-state index >= 15 is 0 Å². The molecule has 30 heavy (non-hydrogen) atoms. The zero-order valence-corrected chi connectivity index (χ0v) is 17.2. The number of amides is 2. The van der Waals surface area contributed by atoms with Crippen LogP contribution >= 0.6 is 0 Å². The SMILES string of the molecule is CC1(C)OC[C@H](NC(=O)Nc2ccccc2-c2ccccc2)[C@H](c2ccccc2)O1. The number of hydrogen-bond acceptors (Lipinski definition) is 3. The number of rotatable bonds is 4. The summed E-state index contributed by atoms with van der Waals surface area (Å²) in [4.78, 5) is 12.9. The molecule has 0 radical (unpaired) electrons. The van der Waals surface area contributed by atoms with Crippen molar-refractivity contribution in [3.63, 3.8) is 0 Å². The summed E-state index contributed by atoms with van der Waals surface area (Å²) in [6, 6.07) is 27.0. The third-order valence-corrected chi connectivity index (χ3v) is 5.09. The molecule has 3 aromatic rings. The van der Waals surface area contributed by atoms with Crippen molar-refractivity contribution in [1.82, 2.24) is 5.32 Å². The fourth-order valence-electron chi connectivity index (χ4n) is 3.65. The summed E-state index contributed by atoms with van der Waals surface area (Å²) in [6.45, 7) is 4.13. The lowest BCUT2D eigenvalue weighted by Gasteiger charge is -2.41. The molecule has 0 spiro atoms. The Morgan fingerprint density at radius 1 is 0.900 bits per heavy atom. The van der Waals surface area contributed by atoms with E-state index in [1.54, 1.807) is 0 Å². The van der Waals surface area contributed by atoms with Gasteiger partial charge in [0.1, 0.15) is 6.10 Å². The van der Waals surface area contributed by atoms with E-state index in [0.717, 1.165) is 22.4 Å². The molecule has 3 aromatic carbocycles. The van der Waals surface area contributed by atoms with Crippen molar-refractivity contribution in [1.29, 1.82) is 0 Å². The van der Waals surface area contributed by atoms with Crippen LogP contribution in [0.25, 0.3) is 11.1 Å². The number of para-hydroxylation sites is 1. The summed E-state index contributed by atoms with van der Waals surface area (Å²) in [5.74, 6) is -0.713. The fourth-order valence-corrected chi connectivity index (χ4v) is 3.65. The van der Waals surface area contributed by atoms with Gasteiger partial charge in [0.05, 0.1) is 18.3 Å². The molecule has 1 aliphatic rings. The highest BCUT2D eigenvalue weighted by Crippen LogP contribution is 2.33. The first-order valence-corrected chi connectivity index (χ1v) is 10.1. The number of nitrogens with one attached hydrogen (secondary N) is 2. The fraction of sp³-hybridized carbons (Fsp3) is 0.240. The lowest BCUT2D eigenvalue weighted by molar-refractivity contribution is -0.284. The third-order valence-electron chi connectivity index (χ3n) is 5.09. The van der Waals surface area contributed by atoms with Crippen molar-refractivity contribution in [2.75, 3.05) is 11.9 Å². The number of hydrogen-bond donors (Lipinski definition) is 2. The van der Waals surface area contributed by atoms with E-state index < -0.39 is 5.79 Å². The number of benzene rings is 3. The lowest BCUT2D eigenvalue weighted by atomic mass is 10.0. The molecule has 0 aromatic heterocycles. The molecule has 0 bridgehead atoms. The van der Waals surface area contributed by atoms with Crippen LogP contribution in [-0.2, 0) is 9.47 Å². The van der Waals surface area contributed by atoms with E-state index in [-0.39, 0.29) is 18.2 Å². The summed E-state index contributed by atoms with van der Waals surface area (Å²) in [5.41, 5.74) is 3.76. The molecule has 0 unspecified atom stereocenters. The second kappa shape index (κ2) is 8.69. The molecule has 1 heterocycles. The summed E-state index contributed by atoms with van der Waals surface area (Å²) in [6.07, 6.45) is -0.301. The van der Waals surface area contributed by atoms with Crippen LogP contribution < -0.4 is 10.6 Å². The van der Waals surface area contributed by atoms with Gasteiger partial charge in [0.15, 0.2) is 5.79 Å². The Kier molecular flexibility index (Phi) is 5.84. The lowest BCUT2D eigenvalue weighted by Crippen LogP contribution is -2.52. The molecule has 2 atom stereocenters. The first-order chi connectivity index (χ1) is 14.5. The molecule has 154 valence electrons. The number of carbonyl (C=O) groups excluding carboxylic acids is 1. The van der Waals surface area contributed by atoms with E-state index in [2.05, 4.69) is 10.6 Å². The monoisotopic (exact) mass is 402 g/mol. The van der Waals surface area contributed by atoms with Crippen LogP contribution in [0.3, 0.4) is 0 Å². The van der Waals surface area contributed by atoms with E-state index in [4.69, 9.17) is 9.47 Å². The van der Waals surface area contributed by atoms with Gasteiger partial charge in [-0.25, -0.2) is 4.79 Å². The Balaban J connectivity index is 1.51. The van der Waals surface area contributed by atoms with E-state index in [9.17, 15) is 4.79 Å². The van der Waals surface area contributed by atoms with Crippen molar-refractivity contribution in [2.45, 2.75) is 31.8 Å². The normalized spacial score (nSPS) is 20.3. The van der Waals surface area contributed by atoms with Crippen LogP contribution in [0.15, 0.2) is 84.9 Å². The van der Waals surface area contributed by atoms with Gasteiger partial charge < -0.3 is 20.1 Å². The second-order valence-electron chi connectivity index (χ2n) is 7.78. The maximum Gasteiger partial charge on any atom is 0.319 e. The van der Waals surface area contributed by atoms with Gasteiger partial charge in [-0.2, -0.15) is 0 Å². The smallest absolute Gasteiger partial charge is 0.319 e. The summed E-state index contributed by atoms with van der Waals surface area (Å²) in [5, 5.41) is 6.02. The van der Waals surface area contributed by atoms with Crippen molar-refractivity contribution >= 4 is 11.7 Å². The molecule has 1 fully saturated rings. The van der Waals surface area contributed by atoms with Gasteiger partial charge in [0.2, 0.25) is 0 Å². The van der Waals surface area contributed by atoms with Gasteiger partial charge in [-0.05, 0) is 31.0 Å². The van der Waals surface area contributed by atoms with E-state index in [1.807, 2.05) is 98.8 Å². The Morgan fingerprint density at radius 3 is 2.27 bits per heavy atom. The highest BCUT2D eigenvalue weighted by Gasteiger charge is 2.38. The molecule has 5 nitrogen and oxygen atoms in total. The highest BCUT2D eigenvalue weighted by atomic mass is 16.7. The maximum atomic E-state index is 12.9. The number of anilines is 1. The van der Waals surface area contributed by atoms with Crippen LogP contribution in [0, 0.1) is 0 Å². The van der Waals surface area contributed by atoms with Gasteiger partial charge in [-0.15, -0.1) is 0 Å². The molecule has 1 aliphatic heterocycles. The predicted octanol–water partition coefficient (Wildman–Crippen LogP) is 5.37. The van der Waals surface area contributed by atoms with Crippen molar-refractivity contribution in [3.8, 4) is 11.1 Å². The van der Waals surface area contributed by atoms with Crippen LogP contribution in [0.4, 0.5) is 10.5 Å². The Labute approximate surface area is 177 Å². The zero-order chi connectivity index (χ0) is 21.0. The Morgan fingerprint density at radius 2 is 1.53 bits per heavy atom. The molecule has 4 rings (SSSR count). The standard InChI is InChI=1S/C25H26N2O3/c1-25(2)29-17-22(23(30-25)19-13-7-4-8-14-19)27-24(28)26-21-16-10-9-15-20(21)18-11-5-3-6-12-18/h3-16,22-23H,17H2,1-2H3,(H2,26,27,28)/t22-,23-/m0/s1. The van der Waals surface area contributed by atoms with Crippen molar-refractivity contribution < 1.29 is 14.3 Å². The average Bonchev–Trinajstić information content (AvgIpc) is 2.76. The predicted molar refractivity (Wildman–Crippen MR) is 118 cm³/mol. The molecule has 2 amide bonds. The second-order valence-corrected chi connectivity index (χ2v) is 7.78. The van der Waals surface area contributed by atoms with Gasteiger partial charge in [-0.3, -0.25) is 0 Å². The summed E-state index contributed by atoms with van der Waals surface area (Å²) >= 11 is 0. The largest absolute Gasteiger partial charge is 0.348 e. The molecule has 0 saturated carbocycles. The molecule has 1 saturated heterocycles. The topological polar surface area (TPSA) is 59.6 Å². The van der Waals surface area contributed by atoms with Gasteiger partial charge in [0, 0.05) is 5.56 Å². The third kappa shape index (κ3) is 4.70. The zero-order valence-electron chi connectivity index (χ0n) is 17.2. The summed E-state index contributed by atoms with van der Waals surface area (Å²) < 4.78 is 12.0. The highest BCUT2D eigenvalue weighted by molar-refractivity contribution is 5.94. The van der Waals surface area contributed by atoms with E-state index in [1.165, 1.54) is 0 Å². The minimum atomic E-state index is -0.713. The van der Waals surface area contributed by atoms with Gasteiger partial charge in [-0.1, -0.05) is 78.9 Å². The first-order valence-electron chi connectivity index (χ1n) is 10.1. The average molecular weight is 402 g/mol. The van der Waals surface area contributed by atoms with Gasteiger partial charge in [0.25, 0.3) is 0 Å². The number of carbonyl (C=O) groups is 1. The molecule has 5 heteroatoms. The van der Waals surface area contributed by atoms with E-state index in [0.29, 0.717) is 6.61 Å². The van der Waals surface area contributed by atoms with Crippen molar-refractivity contribution in [2.24, 2.45) is 0 Å². The van der Waals surface area contributed by atoms with Crippen LogP contribution in [0.1, 0.15) is 25.5 Å². The molecular formula is C25H26N2O3. The maximum absolute atomic E-state index is 12.9. The minimum absolute atomic E-state index is 0.295. The number of urea groups is 1. The molecule has 2 N–H and O–H groups in total. The van der Waals surface area contributed by atoms with Crippen LogP contribution in [0.2, 0.25) is 0 Å². The Hall–Kier alpha value is -3.15. The summed E-state index contributed by atoms with van der Waals surface area (Å²) in [7, 11) is 0.